The summed E-state index contributed by atoms with van der Waals surface area (Å²) in [6, 6.07) is 5.82. The average molecular weight is 681 g/mol. The Hall–Kier alpha value is -4.09. The zero-order valence-corrected chi connectivity index (χ0v) is 29.0. The number of likely N-dealkylation sites (tertiary alicyclic amines) is 1. The molecule has 4 atom stereocenters. The van der Waals surface area contributed by atoms with Crippen LogP contribution in [0.15, 0.2) is 30.3 Å². The third-order valence-electron chi connectivity index (χ3n) is 9.68. The molecule has 0 aromatic heterocycles. The Morgan fingerprint density at radius 1 is 0.878 bits per heavy atom. The van der Waals surface area contributed by atoms with Gasteiger partial charge < -0.3 is 26.0 Å². The number of carbonyl (C=O) groups is 7. The zero-order valence-electron chi connectivity index (χ0n) is 29.0. The molecule has 0 radical (unpaired) electrons. The monoisotopic (exact) mass is 680 g/mol. The summed E-state index contributed by atoms with van der Waals surface area (Å²) in [5.74, 6) is -4.05. The summed E-state index contributed by atoms with van der Waals surface area (Å²) in [5, 5.41) is 5.35. The highest BCUT2D eigenvalue weighted by atomic mass is 16.6. The molecule has 2 saturated carbocycles. The van der Waals surface area contributed by atoms with Crippen LogP contribution >= 0.6 is 0 Å². The Morgan fingerprint density at radius 3 is 2.16 bits per heavy atom. The minimum atomic E-state index is -1.08. The van der Waals surface area contributed by atoms with E-state index in [0.29, 0.717) is 31.4 Å². The molecular weight excluding hydrogens is 628 g/mol. The van der Waals surface area contributed by atoms with E-state index in [4.69, 9.17) is 10.5 Å². The van der Waals surface area contributed by atoms with Crippen molar-refractivity contribution in [3.05, 3.63) is 35.9 Å². The topological polar surface area (TPSA) is 182 Å². The van der Waals surface area contributed by atoms with Crippen LogP contribution in [0.5, 0.6) is 0 Å². The number of hydrogen-bond acceptors (Lipinski definition) is 8. The Bertz CT molecular complexity index is 1380. The van der Waals surface area contributed by atoms with Gasteiger partial charge in [-0.2, -0.15) is 0 Å². The van der Waals surface area contributed by atoms with E-state index in [-0.39, 0.29) is 42.8 Å². The van der Waals surface area contributed by atoms with Gasteiger partial charge in [-0.15, -0.1) is 0 Å². The number of ether oxygens (including phenoxy) is 1. The summed E-state index contributed by atoms with van der Waals surface area (Å²) in [6.07, 6.45) is 6.27. The number of nitrogens with two attached hydrogens (primary N) is 1. The zero-order chi connectivity index (χ0) is 35.7. The van der Waals surface area contributed by atoms with Gasteiger partial charge in [-0.05, 0) is 70.3 Å². The standard InChI is InChI=1S/C37H52N4O8/c1-37(2,3)49-36(48)40-32(25-13-8-5-9-14-25)35(47)41-20-10-15-27(41)29(43)22-26(21-23-16-17-23)33(45)28(42)18-19-30(44)39-31(34(38)46)24-11-6-4-7-12-24/h4,6-7,11-12,23,25-27,31-32H,5,8-10,13-22H2,1-3H3,(H2,38,46)(H,39,44)(H,40,48)/t26?,27-,31-,32-/m0/s1. The van der Waals surface area contributed by atoms with Gasteiger partial charge in [0.1, 0.15) is 17.7 Å². The molecule has 1 aromatic rings. The summed E-state index contributed by atoms with van der Waals surface area (Å²) >= 11 is 0. The first-order chi connectivity index (χ1) is 23.2. The molecule has 12 heteroatoms. The van der Waals surface area contributed by atoms with Crippen molar-refractivity contribution in [3.8, 4) is 0 Å². The van der Waals surface area contributed by atoms with Gasteiger partial charge >= 0.3 is 6.09 Å². The number of nitrogens with zero attached hydrogens (tertiary/aromatic N) is 1. The van der Waals surface area contributed by atoms with Crippen molar-refractivity contribution in [3.63, 3.8) is 0 Å². The van der Waals surface area contributed by atoms with Gasteiger partial charge in [0.25, 0.3) is 0 Å². The predicted octanol–water partition coefficient (Wildman–Crippen LogP) is 4.09. The van der Waals surface area contributed by atoms with Crippen molar-refractivity contribution in [1.29, 1.82) is 0 Å². The number of nitrogens with one attached hydrogen (secondary N) is 2. The molecule has 1 aromatic carbocycles. The molecule has 12 nitrogen and oxygen atoms in total. The lowest BCUT2D eigenvalue weighted by molar-refractivity contribution is -0.143. The maximum absolute atomic E-state index is 14.1. The van der Waals surface area contributed by atoms with Gasteiger partial charge in [0.2, 0.25) is 23.5 Å². The Kier molecular flexibility index (Phi) is 13.1. The summed E-state index contributed by atoms with van der Waals surface area (Å²) in [4.78, 5) is 93.4. The molecule has 268 valence electrons. The first-order valence-corrected chi connectivity index (χ1v) is 17.8. The van der Waals surface area contributed by atoms with Crippen LogP contribution < -0.4 is 16.4 Å². The summed E-state index contributed by atoms with van der Waals surface area (Å²) in [5.41, 5.74) is 5.24. The number of amides is 4. The third kappa shape index (κ3) is 11.2. The first-order valence-electron chi connectivity index (χ1n) is 17.8. The highest BCUT2D eigenvalue weighted by Crippen LogP contribution is 2.37. The van der Waals surface area contributed by atoms with E-state index in [0.717, 1.165) is 44.9 Å². The fourth-order valence-electron chi connectivity index (χ4n) is 7.02. The normalized spacial score (nSPS) is 20.1. The van der Waals surface area contributed by atoms with Gasteiger partial charge in [0, 0.05) is 31.7 Å². The van der Waals surface area contributed by atoms with Crippen LogP contribution in [0.3, 0.4) is 0 Å². The van der Waals surface area contributed by atoms with Crippen molar-refractivity contribution in [2.45, 2.75) is 128 Å². The molecule has 4 amide bonds. The minimum Gasteiger partial charge on any atom is -0.444 e. The Labute approximate surface area is 288 Å². The van der Waals surface area contributed by atoms with Crippen molar-refractivity contribution in [2.24, 2.45) is 23.5 Å². The molecule has 1 unspecified atom stereocenters. The van der Waals surface area contributed by atoms with E-state index in [2.05, 4.69) is 10.6 Å². The number of Topliss-reactive ketones (excluding diaryl/α,β-unsaturated/α-hetero) is 3. The molecule has 3 fully saturated rings. The highest BCUT2D eigenvalue weighted by molar-refractivity contribution is 6.38. The molecule has 1 heterocycles. The number of primary amides is 1. The van der Waals surface area contributed by atoms with E-state index in [1.54, 1.807) is 56.0 Å². The molecule has 1 saturated heterocycles. The smallest absolute Gasteiger partial charge is 0.408 e. The highest BCUT2D eigenvalue weighted by Gasteiger charge is 2.43. The van der Waals surface area contributed by atoms with Crippen LogP contribution in [0.1, 0.15) is 116 Å². The summed E-state index contributed by atoms with van der Waals surface area (Å²) in [7, 11) is 0. The van der Waals surface area contributed by atoms with Crippen molar-refractivity contribution in [2.75, 3.05) is 6.54 Å². The van der Waals surface area contributed by atoms with Crippen LogP contribution in [-0.2, 0) is 33.5 Å². The molecular formula is C37H52N4O8. The van der Waals surface area contributed by atoms with Crippen molar-refractivity contribution < 1.29 is 38.3 Å². The lowest BCUT2D eigenvalue weighted by atomic mass is 9.83. The quantitative estimate of drug-likeness (QED) is 0.218. The van der Waals surface area contributed by atoms with Crippen molar-refractivity contribution >= 4 is 41.2 Å². The second kappa shape index (κ2) is 17.0. The molecule has 0 spiro atoms. The SMILES string of the molecule is CC(C)(C)OC(=O)N[C@H](C(=O)N1CCC[C@H]1C(=O)CC(CC1CC1)C(=O)C(=O)CCC(=O)N[C@H](C(N)=O)c1ccccc1)C1CCCCC1. The van der Waals surface area contributed by atoms with Crippen LogP contribution in [0, 0.1) is 17.8 Å². The van der Waals surface area contributed by atoms with E-state index in [9.17, 15) is 33.6 Å². The average Bonchev–Trinajstić information content (AvgIpc) is 3.74. The van der Waals surface area contributed by atoms with Crippen LogP contribution in [0.25, 0.3) is 0 Å². The van der Waals surface area contributed by atoms with E-state index >= 15 is 0 Å². The number of ketones is 3. The first kappa shape index (κ1) is 37.7. The second-order valence-corrected chi connectivity index (χ2v) is 14.9. The maximum Gasteiger partial charge on any atom is 0.408 e. The summed E-state index contributed by atoms with van der Waals surface area (Å²) in [6.45, 7) is 5.62. The molecule has 1 aliphatic heterocycles. The molecule has 4 rings (SSSR count). The largest absolute Gasteiger partial charge is 0.444 e. The number of rotatable bonds is 16. The lowest BCUT2D eigenvalue weighted by Gasteiger charge is -2.35. The van der Waals surface area contributed by atoms with Gasteiger partial charge in [-0.1, -0.05) is 62.4 Å². The molecule has 4 N–H and O–H groups in total. The second-order valence-electron chi connectivity index (χ2n) is 14.9. The van der Waals surface area contributed by atoms with Gasteiger partial charge in [0.15, 0.2) is 11.6 Å². The number of alkyl carbamates (subject to hydrolysis) is 1. The fourth-order valence-corrected chi connectivity index (χ4v) is 7.02. The number of hydrogen-bond donors (Lipinski definition) is 3. The van der Waals surface area contributed by atoms with Crippen molar-refractivity contribution in [1.82, 2.24) is 15.5 Å². The van der Waals surface area contributed by atoms with Crippen LogP contribution in [-0.4, -0.2) is 70.3 Å². The lowest BCUT2D eigenvalue weighted by Crippen LogP contribution is -2.55. The van der Waals surface area contributed by atoms with Crippen LogP contribution in [0.4, 0.5) is 4.79 Å². The number of benzene rings is 1. The Balaban J connectivity index is 1.39. The molecule has 49 heavy (non-hydrogen) atoms. The maximum atomic E-state index is 14.1. The van der Waals surface area contributed by atoms with Gasteiger partial charge in [-0.25, -0.2) is 4.79 Å². The van der Waals surface area contributed by atoms with Crippen LogP contribution in [0.2, 0.25) is 0 Å². The van der Waals surface area contributed by atoms with Gasteiger partial charge in [0.05, 0.1) is 6.04 Å². The molecule has 3 aliphatic rings. The Morgan fingerprint density at radius 2 is 1.55 bits per heavy atom. The van der Waals surface area contributed by atoms with Gasteiger partial charge in [-0.3, -0.25) is 28.8 Å². The van der Waals surface area contributed by atoms with E-state index in [1.807, 2.05) is 0 Å². The molecule has 0 bridgehead atoms. The minimum absolute atomic E-state index is 0.0740. The predicted molar refractivity (Wildman–Crippen MR) is 181 cm³/mol. The number of carbonyl (C=O) groups excluding carboxylic acids is 7. The summed E-state index contributed by atoms with van der Waals surface area (Å²) < 4.78 is 5.47. The third-order valence-corrected chi connectivity index (χ3v) is 9.68. The molecule has 2 aliphatic carbocycles. The fraction of sp³-hybridized carbons (Fsp3) is 0.649. The van der Waals surface area contributed by atoms with E-state index in [1.165, 1.54) is 0 Å². The van der Waals surface area contributed by atoms with E-state index < -0.39 is 59.1 Å².